The molecular weight excluding hydrogens is 745 g/mol. The monoisotopic (exact) mass is 804 g/mol. The molecule has 316 valence electrons. The van der Waals surface area contributed by atoms with E-state index in [4.69, 9.17) is 14.2 Å². The van der Waals surface area contributed by atoms with Crippen molar-refractivity contribution < 1.29 is 48.4 Å². The highest BCUT2D eigenvalue weighted by molar-refractivity contribution is 5.95. The molecule has 14 heteroatoms. The number of hydrogen-bond donors (Lipinski definition) is 3. The summed E-state index contributed by atoms with van der Waals surface area (Å²) in [6.07, 6.45) is -0.341. The summed E-state index contributed by atoms with van der Waals surface area (Å²) in [5, 5.41) is 22.6. The first-order valence-electron chi connectivity index (χ1n) is 19.4. The van der Waals surface area contributed by atoms with Crippen molar-refractivity contribution in [3.63, 3.8) is 0 Å². The number of carbonyl (C=O) groups is 5. The molecule has 0 saturated heterocycles. The number of hydrogen-bond acceptors (Lipinski definition) is 11. The van der Waals surface area contributed by atoms with Crippen molar-refractivity contribution in [2.75, 3.05) is 42.4 Å². The Morgan fingerprint density at radius 3 is 1.52 bits per heavy atom. The maximum absolute atomic E-state index is 14.5. The second-order valence-electron chi connectivity index (χ2n) is 15.2. The summed E-state index contributed by atoms with van der Waals surface area (Å²) in [7, 11) is 9.21. The van der Waals surface area contributed by atoms with Gasteiger partial charge < -0.3 is 39.5 Å². The van der Waals surface area contributed by atoms with E-state index in [1.807, 2.05) is 19.1 Å². The molecule has 0 aliphatic heterocycles. The average molecular weight is 805 g/mol. The molecule has 6 atom stereocenters. The molecular formula is C44H60N4O10. The molecule has 3 aromatic rings. The van der Waals surface area contributed by atoms with Gasteiger partial charge in [-0.25, -0.2) is 4.79 Å². The molecule has 0 saturated carbocycles. The Morgan fingerprint density at radius 1 is 0.638 bits per heavy atom. The first-order chi connectivity index (χ1) is 27.4. The number of likely N-dealkylation sites (N-methyl/N-ethyl adjacent to an activating group) is 3. The SMILES string of the molecule is CC[C@@H](C)[C@H](OC(=O)[C@H](Cc1ccc(OC)cc1)N(C)C)C(=O)N[C@H](C(=O)N(C)[C@H](Cc1ccc(O)cc1)C(=O)N(C)[C@@H](Cc1ccc(O)cc1)C(=O)OC)C(C)C. The van der Waals surface area contributed by atoms with E-state index in [1.54, 1.807) is 83.3 Å². The predicted molar refractivity (Wildman–Crippen MR) is 219 cm³/mol. The van der Waals surface area contributed by atoms with Gasteiger partial charge in [0.05, 0.1) is 14.2 Å². The third-order valence-corrected chi connectivity index (χ3v) is 10.5. The van der Waals surface area contributed by atoms with Crippen LogP contribution in [-0.4, -0.2) is 127 Å². The topological polar surface area (TPSA) is 175 Å². The summed E-state index contributed by atoms with van der Waals surface area (Å²) in [5.74, 6) is -3.22. The Hall–Kier alpha value is -5.63. The van der Waals surface area contributed by atoms with E-state index in [2.05, 4.69) is 5.32 Å². The number of esters is 2. The Balaban J connectivity index is 1.92. The summed E-state index contributed by atoms with van der Waals surface area (Å²) < 4.78 is 16.3. The van der Waals surface area contributed by atoms with Gasteiger partial charge in [0, 0.05) is 32.9 Å². The van der Waals surface area contributed by atoms with Crippen LogP contribution >= 0.6 is 0 Å². The van der Waals surface area contributed by atoms with Crippen LogP contribution < -0.4 is 10.1 Å². The smallest absolute Gasteiger partial charge is 0.328 e. The molecule has 0 heterocycles. The number of rotatable bonds is 20. The third-order valence-electron chi connectivity index (χ3n) is 10.5. The van der Waals surface area contributed by atoms with E-state index < -0.39 is 71.8 Å². The first kappa shape index (κ1) is 46.8. The van der Waals surface area contributed by atoms with E-state index in [0.29, 0.717) is 29.7 Å². The van der Waals surface area contributed by atoms with Crippen molar-refractivity contribution in [2.24, 2.45) is 11.8 Å². The van der Waals surface area contributed by atoms with E-state index in [-0.39, 0.29) is 24.3 Å². The quantitative estimate of drug-likeness (QED) is 0.141. The van der Waals surface area contributed by atoms with Crippen molar-refractivity contribution in [1.82, 2.24) is 20.0 Å². The molecule has 0 spiro atoms. The summed E-state index contributed by atoms with van der Waals surface area (Å²) >= 11 is 0. The number of phenols is 2. The minimum Gasteiger partial charge on any atom is -0.508 e. The standard InChI is InChI=1S/C44H60N4O10/c1-11-28(4)39(58-44(55)36(46(5)6)25-31-16-22-34(56-9)23-17-31)40(51)45-38(27(2)3)42(53)47(7)35(24-29-12-18-32(49)19-13-29)41(52)48(8)37(43(54)57-10)26-30-14-20-33(50)21-15-30/h12-23,27-28,35-39,49-50H,11,24-26H2,1-10H3,(H,45,51)/t28-,35-,36+,37+,38+,39+/m1/s1. The molecule has 0 unspecified atom stereocenters. The maximum atomic E-state index is 14.5. The van der Waals surface area contributed by atoms with Gasteiger partial charge in [0.2, 0.25) is 11.8 Å². The van der Waals surface area contributed by atoms with Crippen molar-refractivity contribution in [1.29, 1.82) is 0 Å². The second-order valence-corrected chi connectivity index (χ2v) is 15.2. The normalized spacial score (nSPS) is 14.3. The zero-order chi connectivity index (χ0) is 43.3. The minimum absolute atomic E-state index is 0.00475. The zero-order valence-electron chi connectivity index (χ0n) is 35.3. The summed E-state index contributed by atoms with van der Waals surface area (Å²) in [5.41, 5.74) is 2.15. The molecule has 0 fully saturated rings. The molecule has 3 N–H and O–H groups in total. The van der Waals surface area contributed by atoms with Crippen molar-refractivity contribution in [3.05, 3.63) is 89.5 Å². The Labute approximate surface area is 342 Å². The van der Waals surface area contributed by atoms with Crippen molar-refractivity contribution >= 4 is 29.7 Å². The summed E-state index contributed by atoms with van der Waals surface area (Å²) in [4.78, 5) is 74.2. The van der Waals surface area contributed by atoms with Crippen molar-refractivity contribution in [2.45, 2.75) is 83.6 Å². The van der Waals surface area contributed by atoms with Crippen LogP contribution in [0.25, 0.3) is 0 Å². The fourth-order valence-electron chi connectivity index (χ4n) is 6.43. The van der Waals surface area contributed by atoms with Gasteiger partial charge >= 0.3 is 11.9 Å². The van der Waals surface area contributed by atoms with Crippen LogP contribution in [0.4, 0.5) is 0 Å². The first-order valence-corrected chi connectivity index (χ1v) is 19.4. The number of nitrogens with one attached hydrogen (secondary N) is 1. The van der Waals surface area contributed by atoms with Gasteiger partial charge in [0.15, 0.2) is 6.10 Å². The molecule has 58 heavy (non-hydrogen) atoms. The van der Waals surface area contributed by atoms with Crippen LogP contribution in [0.2, 0.25) is 0 Å². The number of phenolic OH excluding ortho intramolecular Hbond substituents is 2. The molecule has 0 bridgehead atoms. The molecule has 0 aromatic heterocycles. The number of nitrogens with zero attached hydrogens (tertiary/aromatic N) is 3. The van der Waals surface area contributed by atoms with Gasteiger partial charge in [0.1, 0.15) is 41.4 Å². The summed E-state index contributed by atoms with van der Waals surface area (Å²) in [6, 6.07) is 15.6. The molecule has 14 nitrogen and oxygen atoms in total. The van der Waals surface area contributed by atoms with E-state index in [9.17, 15) is 34.2 Å². The second kappa shape index (κ2) is 21.8. The highest BCUT2D eigenvalue weighted by atomic mass is 16.6. The van der Waals surface area contributed by atoms with E-state index in [0.717, 1.165) is 5.56 Å². The lowest BCUT2D eigenvalue weighted by atomic mass is 9.96. The van der Waals surface area contributed by atoms with Crippen molar-refractivity contribution in [3.8, 4) is 17.2 Å². The lowest BCUT2D eigenvalue weighted by Gasteiger charge is -2.36. The lowest BCUT2D eigenvalue weighted by Crippen LogP contribution is -2.59. The van der Waals surface area contributed by atoms with Gasteiger partial charge in [0.25, 0.3) is 5.91 Å². The van der Waals surface area contributed by atoms with Crippen LogP contribution in [0.5, 0.6) is 17.2 Å². The molecule has 3 amide bonds. The van der Waals surface area contributed by atoms with E-state index >= 15 is 0 Å². The van der Waals surface area contributed by atoms with Crippen LogP contribution in [0.15, 0.2) is 72.8 Å². The van der Waals surface area contributed by atoms with Gasteiger partial charge in [-0.15, -0.1) is 0 Å². The van der Waals surface area contributed by atoms with Gasteiger partial charge in [-0.1, -0.05) is 64.1 Å². The maximum Gasteiger partial charge on any atom is 0.328 e. The average Bonchev–Trinajstić information content (AvgIpc) is 3.21. The van der Waals surface area contributed by atoms with Gasteiger partial charge in [-0.2, -0.15) is 0 Å². The minimum atomic E-state index is -1.23. The molecule has 0 aliphatic rings. The third kappa shape index (κ3) is 12.7. The highest BCUT2D eigenvalue weighted by Gasteiger charge is 2.40. The van der Waals surface area contributed by atoms with E-state index in [1.165, 1.54) is 55.3 Å². The van der Waals surface area contributed by atoms with Crippen LogP contribution in [0.1, 0.15) is 50.8 Å². The molecule has 3 aromatic carbocycles. The van der Waals surface area contributed by atoms with Crippen LogP contribution in [0, 0.1) is 11.8 Å². The summed E-state index contributed by atoms with van der Waals surface area (Å²) in [6.45, 7) is 7.18. The van der Waals surface area contributed by atoms with Crippen LogP contribution in [-0.2, 0) is 52.7 Å². The molecule has 0 aliphatic carbocycles. The zero-order valence-corrected chi connectivity index (χ0v) is 35.3. The lowest BCUT2D eigenvalue weighted by molar-refractivity contribution is -0.164. The molecule has 0 radical (unpaired) electrons. The fraction of sp³-hybridized carbons (Fsp3) is 0.477. The largest absolute Gasteiger partial charge is 0.508 e. The number of aromatic hydroxyl groups is 2. The number of ether oxygens (including phenoxy) is 3. The van der Waals surface area contributed by atoms with Crippen LogP contribution in [0.3, 0.4) is 0 Å². The number of benzene rings is 3. The Morgan fingerprint density at radius 2 is 1.09 bits per heavy atom. The fourth-order valence-corrected chi connectivity index (χ4v) is 6.43. The molecule has 3 rings (SSSR count). The Kier molecular flexibility index (Phi) is 17.5. The number of methoxy groups -OCH3 is 2. The number of carbonyl (C=O) groups excluding carboxylic acids is 5. The van der Waals surface area contributed by atoms with Gasteiger partial charge in [-0.3, -0.25) is 24.1 Å². The predicted octanol–water partition coefficient (Wildman–Crippen LogP) is 3.99. The highest BCUT2D eigenvalue weighted by Crippen LogP contribution is 2.22. The Bertz CT molecular complexity index is 1820. The number of amides is 3. The van der Waals surface area contributed by atoms with Gasteiger partial charge in [-0.05, 0) is 85.9 Å².